The number of nitrogens with one attached hydrogen (secondary N) is 1. The summed E-state index contributed by atoms with van der Waals surface area (Å²) in [6, 6.07) is 6.26. The molecule has 3 rings (SSSR count). The van der Waals surface area contributed by atoms with Gasteiger partial charge in [-0.1, -0.05) is 11.6 Å². The Morgan fingerprint density at radius 2 is 2.19 bits per heavy atom. The van der Waals surface area contributed by atoms with Gasteiger partial charge in [-0.2, -0.15) is 0 Å². The van der Waals surface area contributed by atoms with Gasteiger partial charge in [-0.3, -0.25) is 0 Å². The van der Waals surface area contributed by atoms with Gasteiger partial charge in [-0.15, -0.1) is 11.3 Å². The molecule has 0 saturated heterocycles. The molecule has 2 aromatic heterocycles. The number of halogens is 2. The second kappa shape index (κ2) is 5.83. The van der Waals surface area contributed by atoms with Gasteiger partial charge in [0, 0.05) is 13.1 Å². The van der Waals surface area contributed by atoms with Crippen molar-refractivity contribution in [3.05, 3.63) is 46.3 Å². The van der Waals surface area contributed by atoms with Gasteiger partial charge in [-0.05, 0) is 23.6 Å². The second-order valence-electron chi connectivity index (χ2n) is 4.24. The summed E-state index contributed by atoms with van der Waals surface area (Å²) in [5.74, 6) is 1.16. The van der Waals surface area contributed by atoms with Gasteiger partial charge in [0.05, 0.1) is 10.4 Å². The molecule has 0 bridgehead atoms. The Morgan fingerprint density at radius 3 is 2.95 bits per heavy atom. The minimum absolute atomic E-state index is 0.0658. The fourth-order valence-electron chi connectivity index (χ4n) is 1.87. The molecule has 0 unspecified atom stereocenters. The molecule has 108 valence electrons. The van der Waals surface area contributed by atoms with Crippen molar-refractivity contribution in [3.8, 4) is 5.75 Å². The summed E-state index contributed by atoms with van der Waals surface area (Å²) in [7, 11) is 1.80. The number of ether oxygens (including phenoxy) is 1. The van der Waals surface area contributed by atoms with Crippen LogP contribution in [0.15, 0.2) is 29.6 Å². The van der Waals surface area contributed by atoms with Crippen molar-refractivity contribution in [3.63, 3.8) is 0 Å². The first-order valence-electron chi connectivity index (χ1n) is 6.17. The minimum atomic E-state index is -0.514. The lowest BCUT2D eigenvalue weighted by atomic mass is 10.3. The van der Waals surface area contributed by atoms with E-state index in [2.05, 4.69) is 15.3 Å². The number of nitrogens with zero attached hydrogens (tertiary/aromatic N) is 2. The summed E-state index contributed by atoms with van der Waals surface area (Å²) >= 11 is 7.16. The third-order valence-corrected chi connectivity index (χ3v) is 3.98. The molecule has 1 N–H and O–H groups in total. The Balaban J connectivity index is 1.82. The number of fused-ring (bicyclic) bond motifs is 1. The highest BCUT2D eigenvalue weighted by molar-refractivity contribution is 7.16. The van der Waals surface area contributed by atoms with E-state index in [1.165, 1.54) is 23.5 Å². The normalized spacial score (nSPS) is 10.8. The Labute approximate surface area is 129 Å². The van der Waals surface area contributed by atoms with Crippen molar-refractivity contribution in [2.75, 3.05) is 12.4 Å². The van der Waals surface area contributed by atoms with Gasteiger partial charge in [-0.25, -0.2) is 14.4 Å². The molecule has 4 nitrogen and oxygen atoms in total. The van der Waals surface area contributed by atoms with Gasteiger partial charge < -0.3 is 10.1 Å². The maximum absolute atomic E-state index is 13.3. The van der Waals surface area contributed by atoms with Crippen molar-refractivity contribution >= 4 is 39.0 Å². The maximum Gasteiger partial charge on any atom is 0.169 e. The number of thiophene rings is 1. The van der Waals surface area contributed by atoms with Gasteiger partial charge in [0.2, 0.25) is 0 Å². The SMILES string of the molecule is CNc1nc(COc2ccc(Cl)c(F)c2)nc2sccc12. The molecule has 0 radical (unpaired) electrons. The Morgan fingerprint density at radius 1 is 1.33 bits per heavy atom. The Kier molecular flexibility index (Phi) is 3.90. The van der Waals surface area contributed by atoms with Crippen molar-refractivity contribution in [1.29, 1.82) is 0 Å². The molecule has 1 aromatic carbocycles. The quantitative estimate of drug-likeness (QED) is 0.785. The van der Waals surface area contributed by atoms with E-state index in [1.807, 2.05) is 11.4 Å². The lowest BCUT2D eigenvalue weighted by Crippen LogP contribution is -2.04. The highest BCUT2D eigenvalue weighted by Crippen LogP contribution is 2.25. The van der Waals surface area contributed by atoms with E-state index < -0.39 is 5.82 Å². The lowest BCUT2D eigenvalue weighted by Gasteiger charge is -2.08. The zero-order valence-corrected chi connectivity index (χ0v) is 12.6. The van der Waals surface area contributed by atoms with E-state index in [0.717, 1.165) is 16.0 Å². The molecule has 0 amide bonds. The average molecular weight is 324 g/mol. The van der Waals surface area contributed by atoms with Crippen molar-refractivity contribution in [1.82, 2.24) is 9.97 Å². The number of rotatable bonds is 4. The van der Waals surface area contributed by atoms with Gasteiger partial charge in [0.1, 0.15) is 28.8 Å². The van der Waals surface area contributed by atoms with E-state index in [0.29, 0.717) is 11.6 Å². The lowest BCUT2D eigenvalue weighted by molar-refractivity contribution is 0.295. The van der Waals surface area contributed by atoms with Crippen molar-refractivity contribution in [2.45, 2.75) is 6.61 Å². The standard InChI is InChI=1S/C14H11ClFN3OS/c1-17-13-9-4-5-21-14(9)19-12(18-13)7-20-8-2-3-10(15)11(16)6-8/h2-6H,7H2,1H3,(H,17,18,19). The molecule has 0 aliphatic carbocycles. The van der Waals surface area contributed by atoms with E-state index in [1.54, 1.807) is 13.1 Å². The van der Waals surface area contributed by atoms with E-state index in [-0.39, 0.29) is 11.6 Å². The summed E-state index contributed by atoms with van der Waals surface area (Å²) in [5, 5.41) is 6.03. The summed E-state index contributed by atoms with van der Waals surface area (Å²) in [5.41, 5.74) is 0. The number of hydrogen-bond acceptors (Lipinski definition) is 5. The van der Waals surface area contributed by atoms with E-state index in [4.69, 9.17) is 16.3 Å². The molecular weight excluding hydrogens is 313 g/mol. The van der Waals surface area contributed by atoms with Crippen LogP contribution in [-0.4, -0.2) is 17.0 Å². The number of anilines is 1. The molecule has 0 atom stereocenters. The van der Waals surface area contributed by atoms with Gasteiger partial charge >= 0.3 is 0 Å². The summed E-state index contributed by atoms with van der Waals surface area (Å²) in [6.45, 7) is 0.156. The number of hydrogen-bond donors (Lipinski definition) is 1. The van der Waals surface area contributed by atoms with Gasteiger partial charge in [0.15, 0.2) is 5.82 Å². The van der Waals surface area contributed by atoms with Crippen LogP contribution in [0.3, 0.4) is 0 Å². The monoisotopic (exact) mass is 323 g/mol. The second-order valence-corrected chi connectivity index (χ2v) is 5.54. The fourth-order valence-corrected chi connectivity index (χ4v) is 2.77. The van der Waals surface area contributed by atoms with Gasteiger partial charge in [0.25, 0.3) is 0 Å². The smallest absolute Gasteiger partial charge is 0.169 e. The van der Waals surface area contributed by atoms with Crippen LogP contribution in [0.25, 0.3) is 10.2 Å². The third kappa shape index (κ3) is 2.91. The predicted molar refractivity (Wildman–Crippen MR) is 82.7 cm³/mol. The first-order chi connectivity index (χ1) is 10.2. The summed E-state index contributed by atoms with van der Waals surface area (Å²) in [4.78, 5) is 9.69. The molecule has 0 spiro atoms. The Hall–Kier alpha value is -1.92. The summed E-state index contributed by atoms with van der Waals surface area (Å²) in [6.07, 6.45) is 0. The van der Waals surface area contributed by atoms with Crippen LogP contribution >= 0.6 is 22.9 Å². The van der Waals surface area contributed by atoms with Crippen LogP contribution in [-0.2, 0) is 6.61 Å². The fraction of sp³-hybridized carbons (Fsp3) is 0.143. The topological polar surface area (TPSA) is 47.0 Å². The molecule has 0 aliphatic rings. The van der Waals surface area contributed by atoms with Crippen LogP contribution < -0.4 is 10.1 Å². The van der Waals surface area contributed by atoms with Crippen LogP contribution in [0, 0.1) is 5.82 Å². The van der Waals surface area contributed by atoms with Crippen LogP contribution in [0.5, 0.6) is 5.75 Å². The largest absolute Gasteiger partial charge is 0.486 e. The number of benzene rings is 1. The molecule has 0 fully saturated rings. The first-order valence-corrected chi connectivity index (χ1v) is 7.43. The first kappa shape index (κ1) is 14.0. The maximum atomic E-state index is 13.3. The third-order valence-electron chi connectivity index (χ3n) is 2.87. The highest BCUT2D eigenvalue weighted by Gasteiger charge is 2.09. The van der Waals surface area contributed by atoms with E-state index in [9.17, 15) is 4.39 Å². The molecule has 0 aliphatic heterocycles. The van der Waals surface area contributed by atoms with Crippen LogP contribution in [0.4, 0.5) is 10.2 Å². The van der Waals surface area contributed by atoms with Crippen molar-refractivity contribution < 1.29 is 9.13 Å². The zero-order valence-electron chi connectivity index (χ0n) is 11.1. The zero-order chi connectivity index (χ0) is 14.8. The molecular formula is C14H11ClFN3OS. The summed E-state index contributed by atoms with van der Waals surface area (Å²) < 4.78 is 18.8. The Bertz CT molecular complexity index is 793. The minimum Gasteiger partial charge on any atom is -0.486 e. The number of aromatic nitrogens is 2. The van der Waals surface area contributed by atoms with Crippen LogP contribution in [0.2, 0.25) is 5.02 Å². The predicted octanol–water partition coefficient (Wildman–Crippen LogP) is 4.10. The molecule has 3 aromatic rings. The molecule has 7 heteroatoms. The molecule has 2 heterocycles. The van der Waals surface area contributed by atoms with Crippen molar-refractivity contribution in [2.24, 2.45) is 0 Å². The molecule has 21 heavy (non-hydrogen) atoms. The average Bonchev–Trinajstić information content (AvgIpc) is 2.96. The van der Waals surface area contributed by atoms with Crippen LogP contribution in [0.1, 0.15) is 5.82 Å². The highest BCUT2D eigenvalue weighted by atomic mass is 35.5. The molecule has 0 saturated carbocycles. The van der Waals surface area contributed by atoms with E-state index >= 15 is 0 Å².